The Morgan fingerprint density at radius 3 is 2.54 bits per heavy atom. The summed E-state index contributed by atoms with van der Waals surface area (Å²) in [6, 6.07) is 0. The topological polar surface area (TPSA) is 20.2 Å². The van der Waals surface area contributed by atoms with Crippen LogP contribution in [-0.2, 0) is 0 Å². The van der Waals surface area contributed by atoms with E-state index < -0.39 is 0 Å². The summed E-state index contributed by atoms with van der Waals surface area (Å²) in [6.45, 7) is 6.42. The molecule has 1 aliphatic rings. The van der Waals surface area contributed by atoms with E-state index in [-0.39, 0.29) is 6.10 Å². The normalized spacial score (nSPS) is 34.2. The molecule has 78 valence electrons. The molecule has 1 N–H and O–H groups in total. The fourth-order valence-corrected chi connectivity index (χ4v) is 2.57. The van der Waals surface area contributed by atoms with E-state index in [2.05, 4.69) is 13.8 Å². The third-order valence-electron chi connectivity index (χ3n) is 3.91. The molecule has 4 atom stereocenters. The van der Waals surface area contributed by atoms with Crippen molar-refractivity contribution in [3.8, 4) is 0 Å². The summed E-state index contributed by atoms with van der Waals surface area (Å²) in [7, 11) is 0. The molecular formula is C12H24O. The summed E-state index contributed by atoms with van der Waals surface area (Å²) in [4.78, 5) is 0. The van der Waals surface area contributed by atoms with Crippen LogP contribution in [0, 0.1) is 17.8 Å². The summed E-state index contributed by atoms with van der Waals surface area (Å²) in [6.07, 6.45) is 6.68. The minimum Gasteiger partial charge on any atom is -0.393 e. The number of hydrogen-bond donors (Lipinski definition) is 1. The van der Waals surface area contributed by atoms with Crippen molar-refractivity contribution in [1.29, 1.82) is 0 Å². The Balaban J connectivity index is 2.41. The van der Waals surface area contributed by atoms with Crippen molar-refractivity contribution in [1.82, 2.24) is 0 Å². The van der Waals surface area contributed by atoms with Gasteiger partial charge in [0, 0.05) is 0 Å². The van der Waals surface area contributed by atoms with Crippen LogP contribution in [0.3, 0.4) is 0 Å². The molecule has 0 aliphatic heterocycles. The van der Waals surface area contributed by atoms with Gasteiger partial charge in [0.05, 0.1) is 6.10 Å². The molecule has 0 aromatic carbocycles. The van der Waals surface area contributed by atoms with E-state index in [4.69, 9.17) is 0 Å². The lowest BCUT2D eigenvalue weighted by Gasteiger charge is -2.33. The lowest BCUT2D eigenvalue weighted by Crippen LogP contribution is -2.27. The highest BCUT2D eigenvalue weighted by Gasteiger charge is 2.27. The molecule has 0 radical (unpaired) electrons. The Labute approximate surface area is 82.5 Å². The van der Waals surface area contributed by atoms with Gasteiger partial charge in [0.1, 0.15) is 0 Å². The van der Waals surface area contributed by atoms with Crippen LogP contribution >= 0.6 is 0 Å². The smallest absolute Gasteiger partial charge is 0.0540 e. The van der Waals surface area contributed by atoms with E-state index in [0.29, 0.717) is 5.92 Å². The van der Waals surface area contributed by atoms with E-state index in [1.54, 1.807) is 0 Å². The molecule has 1 aliphatic carbocycles. The standard InChI is InChI=1S/C12H24O/c1-4-11-6-5-7-12(8-11)9(2)10(3)13/h9-13H,4-8H2,1-3H3. The number of aliphatic hydroxyl groups excluding tert-OH is 1. The molecule has 1 fully saturated rings. The highest BCUT2D eigenvalue weighted by atomic mass is 16.3. The first kappa shape index (κ1) is 11.0. The molecule has 4 unspecified atom stereocenters. The zero-order valence-corrected chi connectivity index (χ0v) is 9.29. The molecule has 0 bridgehead atoms. The number of hydrogen-bond acceptors (Lipinski definition) is 1. The van der Waals surface area contributed by atoms with Gasteiger partial charge in [-0.1, -0.05) is 39.5 Å². The lowest BCUT2D eigenvalue weighted by molar-refractivity contribution is 0.0715. The number of rotatable bonds is 3. The molecule has 1 nitrogen and oxygen atoms in total. The molecular weight excluding hydrogens is 160 g/mol. The van der Waals surface area contributed by atoms with Gasteiger partial charge >= 0.3 is 0 Å². The van der Waals surface area contributed by atoms with Crippen molar-refractivity contribution < 1.29 is 5.11 Å². The van der Waals surface area contributed by atoms with Gasteiger partial charge in [-0.25, -0.2) is 0 Å². The lowest BCUT2D eigenvalue weighted by atomic mass is 9.73. The third kappa shape index (κ3) is 2.98. The highest BCUT2D eigenvalue weighted by molar-refractivity contribution is 4.78. The SMILES string of the molecule is CCC1CCCC(C(C)C(C)O)C1. The van der Waals surface area contributed by atoms with Crippen LogP contribution in [0.15, 0.2) is 0 Å². The van der Waals surface area contributed by atoms with Crippen LogP contribution in [0.2, 0.25) is 0 Å². The Morgan fingerprint density at radius 2 is 2.00 bits per heavy atom. The molecule has 1 rings (SSSR count). The van der Waals surface area contributed by atoms with Gasteiger partial charge in [0.2, 0.25) is 0 Å². The first-order chi connectivity index (χ1) is 6.15. The van der Waals surface area contributed by atoms with Gasteiger partial charge in [-0.3, -0.25) is 0 Å². The van der Waals surface area contributed by atoms with Crippen LogP contribution in [0.4, 0.5) is 0 Å². The summed E-state index contributed by atoms with van der Waals surface area (Å²) in [5, 5.41) is 9.53. The van der Waals surface area contributed by atoms with Crippen LogP contribution in [0.25, 0.3) is 0 Å². The maximum atomic E-state index is 9.53. The van der Waals surface area contributed by atoms with Crippen LogP contribution in [-0.4, -0.2) is 11.2 Å². The first-order valence-corrected chi connectivity index (χ1v) is 5.83. The van der Waals surface area contributed by atoms with Crippen molar-refractivity contribution in [2.24, 2.45) is 17.8 Å². The fourth-order valence-electron chi connectivity index (χ4n) is 2.57. The van der Waals surface area contributed by atoms with Gasteiger partial charge in [-0.05, 0) is 31.1 Å². The highest BCUT2D eigenvalue weighted by Crippen LogP contribution is 2.36. The summed E-state index contributed by atoms with van der Waals surface area (Å²) >= 11 is 0. The summed E-state index contributed by atoms with van der Waals surface area (Å²) in [5.41, 5.74) is 0. The second kappa shape index (κ2) is 4.99. The Hall–Kier alpha value is -0.0400. The number of aliphatic hydroxyl groups is 1. The summed E-state index contributed by atoms with van der Waals surface area (Å²) in [5.74, 6) is 2.20. The zero-order chi connectivity index (χ0) is 9.84. The maximum Gasteiger partial charge on any atom is 0.0540 e. The van der Waals surface area contributed by atoms with Crippen molar-refractivity contribution >= 4 is 0 Å². The van der Waals surface area contributed by atoms with Crippen molar-refractivity contribution in [2.45, 2.75) is 59.0 Å². The van der Waals surface area contributed by atoms with Gasteiger partial charge in [0.25, 0.3) is 0 Å². The van der Waals surface area contributed by atoms with E-state index in [1.165, 1.54) is 32.1 Å². The van der Waals surface area contributed by atoms with Crippen LogP contribution in [0.5, 0.6) is 0 Å². The predicted molar refractivity (Wildman–Crippen MR) is 56.6 cm³/mol. The predicted octanol–water partition coefficient (Wildman–Crippen LogP) is 3.22. The van der Waals surface area contributed by atoms with Gasteiger partial charge < -0.3 is 5.11 Å². The third-order valence-corrected chi connectivity index (χ3v) is 3.91. The van der Waals surface area contributed by atoms with Crippen LogP contribution in [0.1, 0.15) is 52.9 Å². The van der Waals surface area contributed by atoms with Crippen LogP contribution < -0.4 is 0 Å². The molecule has 0 aromatic rings. The second-order valence-corrected chi connectivity index (χ2v) is 4.80. The van der Waals surface area contributed by atoms with Crippen molar-refractivity contribution in [2.75, 3.05) is 0 Å². The molecule has 1 saturated carbocycles. The average molecular weight is 184 g/mol. The minimum absolute atomic E-state index is 0.124. The van der Waals surface area contributed by atoms with E-state index >= 15 is 0 Å². The second-order valence-electron chi connectivity index (χ2n) is 4.80. The molecule has 0 aromatic heterocycles. The van der Waals surface area contributed by atoms with Gasteiger partial charge in [-0.2, -0.15) is 0 Å². The molecule has 0 amide bonds. The van der Waals surface area contributed by atoms with E-state index in [0.717, 1.165) is 11.8 Å². The first-order valence-electron chi connectivity index (χ1n) is 5.83. The largest absolute Gasteiger partial charge is 0.393 e. The fraction of sp³-hybridized carbons (Fsp3) is 1.00. The average Bonchev–Trinajstić information content (AvgIpc) is 2.16. The van der Waals surface area contributed by atoms with Gasteiger partial charge in [-0.15, -0.1) is 0 Å². The van der Waals surface area contributed by atoms with E-state index in [1.807, 2.05) is 6.92 Å². The molecule has 0 spiro atoms. The van der Waals surface area contributed by atoms with E-state index in [9.17, 15) is 5.11 Å². The quantitative estimate of drug-likeness (QED) is 0.714. The zero-order valence-electron chi connectivity index (χ0n) is 9.29. The Morgan fingerprint density at radius 1 is 1.31 bits per heavy atom. The summed E-state index contributed by atoms with van der Waals surface area (Å²) < 4.78 is 0. The Kier molecular flexibility index (Phi) is 4.24. The molecule has 13 heavy (non-hydrogen) atoms. The van der Waals surface area contributed by atoms with Crippen molar-refractivity contribution in [3.63, 3.8) is 0 Å². The minimum atomic E-state index is -0.124. The monoisotopic (exact) mass is 184 g/mol. The molecule has 1 heteroatoms. The maximum absolute atomic E-state index is 9.53. The van der Waals surface area contributed by atoms with Gasteiger partial charge in [0.15, 0.2) is 0 Å². The molecule has 0 saturated heterocycles. The molecule has 0 heterocycles. The van der Waals surface area contributed by atoms with Crippen molar-refractivity contribution in [3.05, 3.63) is 0 Å². The Bertz CT molecular complexity index is 142.